The molecule has 0 N–H and O–H groups in total. The van der Waals surface area contributed by atoms with Crippen molar-refractivity contribution in [1.29, 1.82) is 0 Å². The van der Waals surface area contributed by atoms with Crippen molar-refractivity contribution < 1.29 is 25.8 Å². The third-order valence-electron chi connectivity index (χ3n) is 10.6. The van der Waals surface area contributed by atoms with Gasteiger partial charge in [-0.05, 0) is 83.3 Å². The van der Waals surface area contributed by atoms with Gasteiger partial charge in [0.05, 0.1) is 5.69 Å². The molecule has 0 radical (unpaired) electrons. The third kappa shape index (κ3) is 7.02. The number of nitrogens with zero attached hydrogens (tertiary/aromatic N) is 4. The number of pyridine rings is 1. The third-order valence-corrected chi connectivity index (χ3v) is 10.6. The second-order valence-electron chi connectivity index (χ2n) is 14.2. The Kier molecular flexibility index (Phi) is 10.8. The van der Waals surface area contributed by atoms with Gasteiger partial charge in [0, 0.05) is 39.9 Å². The van der Waals surface area contributed by atoms with Gasteiger partial charge in [0.15, 0.2) is 0 Å². The predicted molar refractivity (Wildman–Crippen MR) is 229 cm³/mol. The van der Waals surface area contributed by atoms with E-state index >= 15 is 0 Å². The molecule has 57 heavy (non-hydrogen) atoms. The Hall–Kier alpha value is -6.03. The maximum atomic E-state index is 6.62. The number of ether oxygens (including phenoxy) is 1. The monoisotopic (exact) mass is 921 g/mol. The summed E-state index contributed by atoms with van der Waals surface area (Å²) in [4.78, 5) is 4.74. The Morgan fingerprint density at radius 1 is 0.614 bits per heavy atom. The minimum absolute atomic E-state index is 0. The van der Waals surface area contributed by atoms with Crippen LogP contribution in [-0.2, 0) is 40.3 Å². The Bertz CT molecular complexity index is 2830. The fourth-order valence-corrected chi connectivity index (χ4v) is 7.96. The van der Waals surface area contributed by atoms with Gasteiger partial charge in [0.1, 0.15) is 11.5 Å². The molecule has 0 unspecified atom stereocenters. The standard InChI is InChI=1S/C51H42N4O.Pt/c1-5-35-30-36(6-2)48(37(7-3)31-35)49-50(38-17-10-8-11-18-38)53-55(51(49)39-19-12-9-13-20-39)40-21-16-22-41(32-40)56-42-25-26-44-43-23-14-15-24-45(43)54(46(44)33-42)47-29-34(4)27-28-52-47;/h8-31H,5-7H2,1-4H3;/q-2;+2. The van der Waals surface area contributed by atoms with Crippen molar-refractivity contribution in [2.45, 2.75) is 47.0 Å². The quantitative estimate of drug-likeness (QED) is 0.128. The number of fused-ring (bicyclic) bond motifs is 3. The number of para-hydroxylation sites is 1. The molecular formula is C51H42N4OPt. The maximum absolute atomic E-state index is 6.62. The molecule has 5 nitrogen and oxygen atoms in total. The van der Waals surface area contributed by atoms with Gasteiger partial charge in [-0.25, -0.2) is 4.98 Å². The van der Waals surface area contributed by atoms with Crippen molar-refractivity contribution in [1.82, 2.24) is 19.3 Å². The van der Waals surface area contributed by atoms with Crippen LogP contribution in [-0.4, -0.2) is 19.3 Å². The van der Waals surface area contributed by atoms with E-state index in [-0.39, 0.29) is 21.1 Å². The zero-order chi connectivity index (χ0) is 38.2. The van der Waals surface area contributed by atoms with E-state index in [9.17, 15) is 0 Å². The minimum Gasteiger partial charge on any atom is -0.509 e. The Morgan fingerprint density at radius 2 is 1.30 bits per heavy atom. The molecule has 6 aromatic carbocycles. The van der Waals surface area contributed by atoms with Gasteiger partial charge in [-0.1, -0.05) is 117 Å². The van der Waals surface area contributed by atoms with E-state index in [0.717, 1.165) is 86.2 Å². The van der Waals surface area contributed by atoms with Crippen LogP contribution in [0.1, 0.15) is 43.0 Å². The largest absolute Gasteiger partial charge is 2.00 e. The molecule has 0 saturated carbocycles. The Balaban J connectivity index is 0.00000455. The van der Waals surface area contributed by atoms with Crippen LogP contribution < -0.4 is 4.74 Å². The van der Waals surface area contributed by atoms with Crippen molar-refractivity contribution in [3.05, 3.63) is 180 Å². The molecule has 3 aromatic heterocycles. The van der Waals surface area contributed by atoms with Gasteiger partial charge < -0.3 is 9.30 Å². The summed E-state index contributed by atoms with van der Waals surface area (Å²) < 4.78 is 10.8. The zero-order valence-electron chi connectivity index (χ0n) is 32.5. The van der Waals surface area contributed by atoms with E-state index in [4.69, 9.17) is 14.8 Å². The molecule has 0 spiro atoms. The summed E-state index contributed by atoms with van der Waals surface area (Å²) in [5.74, 6) is 2.01. The second kappa shape index (κ2) is 16.2. The van der Waals surface area contributed by atoms with Crippen LogP contribution in [0.3, 0.4) is 0 Å². The van der Waals surface area contributed by atoms with Crippen molar-refractivity contribution >= 4 is 21.8 Å². The average molecular weight is 922 g/mol. The second-order valence-corrected chi connectivity index (χ2v) is 14.2. The van der Waals surface area contributed by atoms with E-state index in [1.54, 1.807) is 0 Å². The first-order valence-corrected chi connectivity index (χ1v) is 19.5. The fourth-order valence-electron chi connectivity index (χ4n) is 7.96. The van der Waals surface area contributed by atoms with Crippen molar-refractivity contribution in [2.75, 3.05) is 0 Å². The van der Waals surface area contributed by atoms with E-state index in [2.05, 4.69) is 164 Å². The van der Waals surface area contributed by atoms with Crippen molar-refractivity contribution in [3.8, 4) is 56.6 Å². The topological polar surface area (TPSA) is 44.9 Å². The van der Waals surface area contributed by atoms with Gasteiger partial charge in [0.25, 0.3) is 0 Å². The number of rotatable bonds is 10. The van der Waals surface area contributed by atoms with Gasteiger partial charge in [-0.2, -0.15) is 17.2 Å². The molecule has 6 heteroatoms. The van der Waals surface area contributed by atoms with Gasteiger partial charge in [-0.15, -0.1) is 35.7 Å². The van der Waals surface area contributed by atoms with Crippen LogP contribution in [0.25, 0.3) is 67.0 Å². The zero-order valence-corrected chi connectivity index (χ0v) is 34.8. The van der Waals surface area contributed by atoms with E-state index < -0.39 is 0 Å². The molecule has 0 aliphatic carbocycles. The number of aryl methyl sites for hydroxylation is 4. The first-order valence-electron chi connectivity index (χ1n) is 19.5. The maximum Gasteiger partial charge on any atom is 2.00 e. The molecule has 0 fully saturated rings. The molecule has 282 valence electrons. The minimum atomic E-state index is 0. The van der Waals surface area contributed by atoms with Gasteiger partial charge in [0.2, 0.25) is 0 Å². The van der Waals surface area contributed by atoms with E-state index in [1.807, 2.05) is 30.5 Å². The summed E-state index contributed by atoms with van der Waals surface area (Å²) in [5, 5.41) is 7.70. The summed E-state index contributed by atoms with van der Waals surface area (Å²) in [6.45, 7) is 8.83. The average Bonchev–Trinajstić information content (AvgIpc) is 3.80. The summed E-state index contributed by atoms with van der Waals surface area (Å²) >= 11 is 0. The summed E-state index contributed by atoms with van der Waals surface area (Å²) in [5.41, 5.74) is 14.4. The van der Waals surface area contributed by atoms with Gasteiger partial charge in [-0.3, -0.25) is 4.68 Å². The number of benzene rings is 6. The number of hydrogen-bond donors (Lipinski definition) is 0. The first kappa shape index (κ1) is 37.9. The van der Waals surface area contributed by atoms with Crippen molar-refractivity contribution in [3.63, 3.8) is 0 Å². The number of aromatic nitrogens is 4. The first-order chi connectivity index (χ1) is 27.5. The molecule has 0 bridgehead atoms. The number of hydrogen-bond acceptors (Lipinski definition) is 3. The molecular weight excluding hydrogens is 880 g/mol. The fraction of sp³-hybridized carbons (Fsp3) is 0.137. The molecule has 0 amide bonds. The summed E-state index contributed by atoms with van der Waals surface area (Å²) in [6.07, 6.45) is 4.68. The summed E-state index contributed by atoms with van der Waals surface area (Å²) in [7, 11) is 0. The predicted octanol–water partition coefficient (Wildman–Crippen LogP) is 12.8. The van der Waals surface area contributed by atoms with Crippen LogP contribution in [0.4, 0.5) is 0 Å². The molecule has 9 rings (SSSR count). The Labute approximate surface area is 348 Å². The van der Waals surface area contributed by atoms with Crippen molar-refractivity contribution in [2.24, 2.45) is 0 Å². The van der Waals surface area contributed by atoms with Gasteiger partial charge >= 0.3 is 21.1 Å². The molecule has 0 atom stereocenters. The summed E-state index contributed by atoms with van der Waals surface area (Å²) in [6, 6.07) is 55.8. The van der Waals surface area contributed by atoms with Crippen LogP contribution >= 0.6 is 0 Å². The molecule has 0 aliphatic heterocycles. The SMILES string of the molecule is CCc1cc(CC)c(-c2c(-c3ccccc3)nn(-c3[c-]c(Oc4[c-]c5c(cc4)c4ccccc4n5-c4cc(C)ccn4)ccc3)c2-c2ccccc2)c(CC)c1.[Pt+2]. The Morgan fingerprint density at radius 3 is 2.00 bits per heavy atom. The van der Waals surface area contributed by atoms with Crippen LogP contribution in [0.2, 0.25) is 0 Å². The van der Waals surface area contributed by atoms with Crippen LogP contribution in [0.5, 0.6) is 11.5 Å². The van der Waals surface area contributed by atoms with Crippen LogP contribution in [0, 0.1) is 19.1 Å². The van der Waals surface area contributed by atoms with E-state index in [1.165, 1.54) is 22.3 Å². The molecule has 0 aliphatic rings. The normalized spacial score (nSPS) is 11.2. The van der Waals surface area contributed by atoms with E-state index in [0.29, 0.717) is 11.5 Å². The molecule has 9 aromatic rings. The smallest absolute Gasteiger partial charge is 0.509 e. The van der Waals surface area contributed by atoms with Crippen LogP contribution in [0.15, 0.2) is 146 Å². The molecule has 0 saturated heterocycles. The molecule has 3 heterocycles.